The number of hydrogen-bond acceptors (Lipinski definition) is 3. The van der Waals surface area contributed by atoms with Crippen molar-refractivity contribution in [1.82, 2.24) is 4.90 Å². The third kappa shape index (κ3) is 2.51. The van der Waals surface area contributed by atoms with Gasteiger partial charge in [-0.15, -0.1) is 11.8 Å². The number of aliphatic carboxylic acids is 1. The second-order valence-electron chi connectivity index (χ2n) is 5.38. The lowest BCUT2D eigenvalue weighted by Crippen LogP contribution is -2.59. The van der Waals surface area contributed by atoms with Crippen LogP contribution >= 0.6 is 11.8 Å². The zero-order valence-corrected chi connectivity index (χ0v) is 11.7. The van der Waals surface area contributed by atoms with E-state index in [4.69, 9.17) is 0 Å². The number of carbonyl (C=O) groups is 2. The first-order valence-corrected chi connectivity index (χ1v) is 7.77. The van der Waals surface area contributed by atoms with Crippen LogP contribution in [0, 0.1) is 0 Å². The fourth-order valence-corrected chi connectivity index (χ4v) is 4.06. The van der Waals surface area contributed by atoms with Gasteiger partial charge < -0.3 is 10.0 Å². The summed E-state index contributed by atoms with van der Waals surface area (Å²) in [6, 6.07) is 0. The van der Waals surface area contributed by atoms with E-state index in [0.29, 0.717) is 13.0 Å². The van der Waals surface area contributed by atoms with E-state index in [1.807, 2.05) is 0 Å². The van der Waals surface area contributed by atoms with Gasteiger partial charge in [0, 0.05) is 6.54 Å². The summed E-state index contributed by atoms with van der Waals surface area (Å²) in [7, 11) is 0. The number of carboxylic acids is 1. The van der Waals surface area contributed by atoms with Crippen molar-refractivity contribution in [2.45, 2.75) is 56.2 Å². The molecule has 2 aliphatic rings. The molecule has 0 radical (unpaired) electrons. The summed E-state index contributed by atoms with van der Waals surface area (Å²) in [6.07, 6.45) is 5.54. The zero-order valence-electron chi connectivity index (χ0n) is 10.9. The first-order chi connectivity index (χ1) is 8.55. The standard InChI is InChI=1S/C13H21NO3S/c1-13(12(16)17)7-3-4-8-14(13)11(15)10-6-2-5-9-18-10/h10H,2-9H2,1H3,(H,16,17). The number of carbonyl (C=O) groups excluding carboxylic acids is 1. The number of piperidine rings is 1. The lowest BCUT2D eigenvalue weighted by Gasteiger charge is -2.43. The van der Waals surface area contributed by atoms with Crippen LogP contribution in [-0.4, -0.2) is 45.0 Å². The normalized spacial score (nSPS) is 33.2. The molecule has 2 fully saturated rings. The van der Waals surface area contributed by atoms with Gasteiger partial charge in [0.15, 0.2) is 0 Å². The molecule has 5 heteroatoms. The molecule has 1 amide bonds. The third-order valence-corrected chi connectivity index (χ3v) is 5.44. The van der Waals surface area contributed by atoms with E-state index in [0.717, 1.165) is 31.4 Å². The molecule has 0 aromatic carbocycles. The van der Waals surface area contributed by atoms with Crippen LogP contribution in [0.25, 0.3) is 0 Å². The molecule has 0 spiro atoms. The van der Waals surface area contributed by atoms with Crippen LogP contribution in [0.1, 0.15) is 45.4 Å². The summed E-state index contributed by atoms with van der Waals surface area (Å²) < 4.78 is 0. The van der Waals surface area contributed by atoms with Crippen molar-refractivity contribution in [3.05, 3.63) is 0 Å². The van der Waals surface area contributed by atoms with Crippen molar-refractivity contribution in [3.63, 3.8) is 0 Å². The van der Waals surface area contributed by atoms with Crippen LogP contribution in [0.15, 0.2) is 0 Å². The number of thioether (sulfide) groups is 1. The molecule has 2 unspecified atom stereocenters. The van der Waals surface area contributed by atoms with Gasteiger partial charge in [-0.2, -0.15) is 0 Å². The summed E-state index contributed by atoms with van der Waals surface area (Å²) in [5.74, 6) is 0.203. The number of nitrogens with zero attached hydrogens (tertiary/aromatic N) is 1. The smallest absolute Gasteiger partial charge is 0.329 e. The van der Waals surface area contributed by atoms with Crippen LogP contribution in [0.3, 0.4) is 0 Å². The minimum absolute atomic E-state index is 0.0180. The molecule has 2 heterocycles. The summed E-state index contributed by atoms with van der Waals surface area (Å²) in [4.78, 5) is 25.6. The fourth-order valence-electron chi connectivity index (χ4n) is 2.81. The van der Waals surface area contributed by atoms with Gasteiger partial charge in [-0.3, -0.25) is 4.79 Å². The minimum atomic E-state index is -0.993. The molecule has 2 aliphatic heterocycles. The number of amides is 1. The van der Waals surface area contributed by atoms with E-state index >= 15 is 0 Å². The maximum absolute atomic E-state index is 12.5. The van der Waals surface area contributed by atoms with Crippen LogP contribution in [0.4, 0.5) is 0 Å². The zero-order chi connectivity index (χ0) is 13.2. The highest BCUT2D eigenvalue weighted by Gasteiger charge is 2.45. The van der Waals surface area contributed by atoms with Crippen LogP contribution in [-0.2, 0) is 9.59 Å². The molecule has 2 rings (SSSR count). The molecule has 0 aliphatic carbocycles. The number of hydrogen-bond donors (Lipinski definition) is 1. The average molecular weight is 271 g/mol. The third-order valence-electron chi connectivity index (χ3n) is 4.07. The Bertz CT molecular complexity index is 341. The van der Waals surface area contributed by atoms with E-state index in [1.54, 1.807) is 23.6 Å². The molecule has 0 saturated carbocycles. The molecule has 0 aromatic rings. The summed E-state index contributed by atoms with van der Waals surface area (Å²) in [5, 5.41) is 9.40. The molecule has 2 atom stereocenters. The van der Waals surface area contributed by atoms with Gasteiger partial charge in [0.25, 0.3) is 0 Å². The molecule has 0 aromatic heterocycles. The van der Waals surface area contributed by atoms with Crippen molar-refractivity contribution < 1.29 is 14.7 Å². The molecule has 4 nitrogen and oxygen atoms in total. The number of rotatable bonds is 2. The topological polar surface area (TPSA) is 57.6 Å². The van der Waals surface area contributed by atoms with Crippen LogP contribution < -0.4 is 0 Å². The highest BCUT2D eigenvalue weighted by atomic mass is 32.2. The number of carboxylic acid groups (broad SMARTS) is 1. The lowest BCUT2D eigenvalue weighted by molar-refractivity contribution is -0.160. The monoisotopic (exact) mass is 271 g/mol. The van der Waals surface area contributed by atoms with E-state index in [9.17, 15) is 14.7 Å². The second kappa shape index (κ2) is 5.51. The van der Waals surface area contributed by atoms with Gasteiger partial charge in [-0.05, 0) is 44.8 Å². The van der Waals surface area contributed by atoms with Gasteiger partial charge in [-0.1, -0.05) is 6.42 Å². The Kier molecular flexibility index (Phi) is 4.20. The Hall–Kier alpha value is -0.710. The SMILES string of the molecule is CC1(C(=O)O)CCCCN1C(=O)C1CCCCS1. The van der Waals surface area contributed by atoms with Crippen molar-refractivity contribution >= 4 is 23.6 Å². The van der Waals surface area contributed by atoms with E-state index < -0.39 is 11.5 Å². The summed E-state index contributed by atoms with van der Waals surface area (Å²) >= 11 is 1.69. The van der Waals surface area contributed by atoms with Gasteiger partial charge >= 0.3 is 5.97 Å². The Balaban J connectivity index is 2.13. The summed E-state index contributed by atoms with van der Waals surface area (Å²) in [5.41, 5.74) is -0.993. The maximum atomic E-state index is 12.5. The minimum Gasteiger partial charge on any atom is -0.480 e. The first-order valence-electron chi connectivity index (χ1n) is 6.72. The highest BCUT2D eigenvalue weighted by molar-refractivity contribution is 8.00. The molecule has 18 heavy (non-hydrogen) atoms. The van der Waals surface area contributed by atoms with Crippen LogP contribution in [0.5, 0.6) is 0 Å². The maximum Gasteiger partial charge on any atom is 0.329 e. The Morgan fingerprint density at radius 3 is 2.67 bits per heavy atom. The molecule has 1 N–H and O–H groups in total. The molecule has 2 saturated heterocycles. The van der Waals surface area contributed by atoms with E-state index in [2.05, 4.69) is 0 Å². The second-order valence-corrected chi connectivity index (χ2v) is 6.69. The van der Waals surface area contributed by atoms with Crippen LogP contribution in [0.2, 0.25) is 0 Å². The predicted octanol–water partition coefficient (Wildman–Crippen LogP) is 2.13. The number of likely N-dealkylation sites (tertiary alicyclic amines) is 1. The Morgan fingerprint density at radius 2 is 2.06 bits per heavy atom. The summed E-state index contributed by atoms with van der Waals surface area (Å²) in [6.45, 7) is 2.29. The molecule has 0 bridgehead atoms. The largest absolute Gasteiger partial charge is 0.480 e. The van der Waals surface area contributed by atoms with E-state index in [1.165, 1.54) is 6.42 Å². The fraction of sp³-hybridized carbons (Fsp3) is 0.846. The van der Waals surface area contributed by atoms with Crippen molar-refractivity contribution in [3.8, 4) is 0 Å². The quantitative estimate of drug-likeness (QED) is 0.836. The highest BCUT2D eigenvalue weighted by Crippen LogP contribution is 2.33. The predicted molar refractivity (Wildman–Crippen MR) is 71.7 cm³/mol. The Labute approximate surface area is 112 Å². The molecular weight excluding hydrogens is 250 g/mol. The first kappa shape index (κ1) is 13.7. The van der Waals surface area contributed by atoms with Gasteiger partial charge in [0.1, 0.15) is 5.54 Å². The molecular formula is C13H21NO3S. The van der Waals surface area contributed by atoms with Crippen molar-refractivity contribution in [2.24, 2.45) is 0 Å². The Morgan fingerprint density at radius 1 is 1.28 bits per heavy atom. The van der Waals surface area contributed by atoms with Crippen molar-refractivity contribution in [1.29, 1.82) is 0 Å². The van der Waals surface area contributed by atoms with E-state index in [-0.39, 0.29) is 11.2 Å². The average Bonchev–Trinajstić information content (AvgIpc) is 2.39. The van der Waals surface area contributed by atoms with Crippen molar-refractivity contribution in [2.75, 3.05) is 12.3 Å². The molecule has 102 valence electrons. The van der Waals surface area contributed by atoms with Gasteiger partial charge in [0.05, 0.1) is 5.25 Å². The van der Waals surface area contributed by atoms with Gasteiger partial charge in [0.2, 0.25) is 5.91 Å². The van der Waals surface area contributed by atoms with Gasteiger partial charge in [-0.25, -0.2) is 4.79 Å². The lowest BCUT2D eigenvalue weighted by atomic mass is 9.88.